The molecule has 1 unspecified atom stereocenters. The predicted octanol–water partition coefficient (Wildman–Crippen LogP) is 4.29. The number of carboxylic acid groups (broad SMARTS) is 1. The van der Waals surface area contributed by atoms with E-state index >= 15 is 0 Å². The summed E-state index contributed by atoms with van der Waals surface area (Å²) < 4.78 is 0.831. The van der Waals surface area contributed by atoms with E-state index in [-0.39, 0.29) is 12.5 Å². The van der Waals surface area contributed by atoms with Gasteiger partial charge in [-0.05, 0) is 19.8 Å². The third-order valence-electron chi connectivity index (χ3n) is 4.30. The van der Waals surface area contributed by atoms with E-state index in [1.54, 1.807) is 0 Å². The Balaban J connectivity index is 0. The smallest absolute Gasteiger partial charge is 0.104 e. The molecule has 0 aliphatic rings. The van der Waals surface area contributed by atoms with Crippen molar-refractivity contribution in [2.24, 2.45) is 0 Å². The molecule has 0 amide bonds. The molecule has 26 heavy (non-hydrogen) atoms. The minimum absolute atomic E-state index is 0.185. The van der Waals surface area contributed by atoms with Crippen molar-refractivity contribution in [3.8, 4) is 0 Å². The monoisotopic (exact) mass is 373 g/mol. The second kappa shape index (κ2) is 19.2. The Hall–Kier alpha value is -0.610. The second-order valence-corrected chi connectivity index (χ2v) is 8.69. The maximum Gasteiger partial charge on any atom is 0.104 e. The highest BCUT2D eigenvalue weighted by atomic mass is 16.4. The Kier molecular flexibility index (Phi) is 20.3. The number of unbranched alkanes of at least 4 members (excludes halogenated alkanes) is 12. The number of hydrogen-bond donors (Lipinski definition) is 1. The van der Waals surface area contributed by atoms with Gasteiger partial charge in [-0.25, -0.2) is 0 Å². The van der Waals surface area contributed by atoms with Crippen molar-refractivity contribution in [1.29, 1.82) is 0 Å². The fraction of sp³-hybridized carbons (Fsp3) is 0.955. The molecular weight excluding hydrogens is 326 g/mol. The first-order valence-electron chi connectivity index (χ1n) is 10.9. The molecule has 0 spiro atoms. The summed E-state index contributed by atoms with van der Waals surface area (Å²) in [6.45, 7) is 4.89. The summed E-state index contributed by atoms with van der Waals surface area (Å²) in [5.41, 5.74) is 0. The van der Waals surface area contributed by atoms with E-state index in [1.165, 1.54) is 70.6 Å². The van der Waals surface area contributed by atoms with Crippen molar-refractivity contribution >= 4 is 5.97 Å². The molecule has 4 heteroatoms. The van der Waals surface area contributed by atoms with Crippen molar-refractivity contribution in [2.75, 3.05) is 27.7 Å². The van der Waals surface area contributed by atoms with Gasteiger partial charge in [0.05, 0.1) is 21.1 Å². The van der Waals surface area contributed by atoms with Crippen LogP contribution in [0.15, 0.2) is 0 Å². The number of aliphatic hydroxyl groups is 1. The van der Waals surface area contributed by atoms with Crippen LogP contribution in [0.4, 0.5) is 0 Å². The number of nitrogens with zero attached hydrogens (tertiary/aromatic N) is 1. The highest BCUT2D eigenvalue weighted by Gasteiger charge is 2.09. The lowest BCUT2D eigenvalue weighted by atomic mass is 10.0. The molecule has 0 bridgehead atoms. The van der Waals surface area contributed by atoms with Gasteiger partial charge in [-0.1, -0.05) is 84.0 Å². The summed E-state index contributed by atoms with van der Waals surface area (Å²) in [5.74, 6) is -0.905. The fourth-order valence-corrected chi connectivity index (χ4v) is 3.08. The summed E-state index contributed by atoms with van der Waals surface area (Å²) in [7, 11) is 6.19. The van der Waals surface area contributed by atoms with E-state index in [9.17, 15) is 9.90 Å². The van der Waals surface area contributed by atoms with Crippen molar-refractivity contribution in [3.63, 3.8) is 0 Å². The van der Waals surface area contributed by atoms with Crippen molar-refractivity contribution < 1.29 is 19.5 Å². The predicted molar refractivity (Wildman–Crippen MR) is 110 cm³/mol. The van der Waals surface area contributed by atoms with Gasteiger partial charge in [0, 0.05) is 5.97 Å². The molecule has 1 N–H and O–H groups in total. The van der Waals surface area contributed by atoms with Crippen molar-refractivity contribution in [3.05, 3.63) is 0 Å². The van der Waals surface area contributed by atoms with E-state index in [0.29, 0.717) is 0 Å². The van der Waals surface area contributed by atoms with Crippen molar-refractivity contribution in [2.45, 2.75) is 110 Å². The van der Waals surface area contributed by atoms with Gasteiger partial charge in [0.1, 0.15) is 12.6 Å². The minimum atomic E-state index is -0.905. The van der Waals surface area contributed by atoms with Gasteiger partial charge in [-0.15, -0.1) is 0 Å². The zero-order valence-corrected chi connectivity index (χ0v) is 18.4. The Morgan fingerprint density at radius 1 is 0.808 bits per heavy atom. The molecule has 0 saturated heterocycles. The van der Waals surface area contributed by atoms with Gasteiger partial charge in [0.25, 0.3) is 0 Å². The normalized spacial score (nSPS) is 12.4. The van der Waals surface area contributed by atoms with E-state index in [2.05, 4.69) is 28.1 Å². The van der Waals surface area contributed by atoms with Crippen LogP contribution in [0.25, 0.3) is 0 Å². The number of carbonyl (C=O) groups is 1. The molecule has 4 nitrogen and oxygen atoms in total. The lowest BCUT2D eigenvalue weighted by Crippen LogP contribution is -2.40. The van der Waals surface area contributed by atoms with Crippen LogP contribution in [-0.4, -0.2) is 49.4 Å². The summed E-state index contributed by atoms with van der Waals surface area (Å²) >= 11 is 0. The standard InChI is InChI=1S/C16H32O2.C6H16NO/c1-2-3-4-5-6-7-8-9-10-11-12-13-14-15-16(17)18;1-6(8)5-7(2,3)4/h2-15H2,1H3,(H,17,18);6,8H,5H2,1-4H3/q;+1/p-1. The molecule has 0 aromatic heterocycles. The maximum atomic E-state index is 10.2. The molecule has 0 aliphatic heterocycles. The van der Waals surface area contributed by atoms with Crippen LogP contribution in [0.5, 0.6) is 0 Å². The highest BCUT2D eigenvalue weighted by Crippen LogP contribution is 2.12. The van der Waals surface area contributed by atoms with Gasteiger partial charge in [-0.3, -0.25) is 0 Å². The van der Waals surface area contributed by atoms with E-state index in [1.807, 2.05) is 6.92 Å². The first-order chi connectivity index (χ1) is 12.2. The number of likely N-dealkylation sites (N-methyl/N-ethyl adjacent to an activating group) is 1. The van der Waals surface area contributed by atoms with Gasteiger partial charge in [-0.2, -0.15) is 0 Å². The molecule has 0 rings (SSSR count). The summed E-state index contributed by atoms with van der Waals surface area (Å²) in [5, 5.41) is 19.1. The zero-order valence-electron chi connectivity index (χ0n) is 18.4. The molecule has 0 aromatic rings. The van der Waals surface area contributed by atoms with Gasteiger partial charge >= 0.3 is 0 Å². The number of carbonyl (C=O) groups excluding carboxylic acids is 1. The summed E-state index contributed by atoms with van der Waals surface area (Å²) in [4.78, 5) is 10.2. The third-order valence-corrected chi connectivity index (χ3v) is 4.30. The van der Waals surface area contributed by atoms with E-state index in [0.717, 1.165) is 23.9 Å². The SMILES string of the molecule is CC(O)C[N+](C)(C)C.CCCCCCCCCCCCCCCC(=O)[O-]. The zero-order chi connectivity index (χ0) is 20.3. The van der Waals surface area contributed by atoms with Gasteiger partial charge in [0.2, 0.25) is 0 Å². The van der Waals surface area contributed by atoms with Crippen LogP contribution in [0.2, 0.25) is 0 Å². The number of aliphatic hydroxyl groups excluding tert-OH is 1. The summed E-state index contributed by atoms with van der Waals surface area (Å²) in [6.07, 6.45) is 16.8. The Morgan fingerprint density at radius 3 is 1.38 bits per heavy atom. The van der Waals surface area contributed by atoms with E-state index < -0.39 is 5.97 Å². The average Bonchev–Trinajstić information content (AvgIpc) is 2.49. The average molecular weight is 374 g/mol. The second-order valence-electron chi connectivity index (χ2n) is 8.69. The Labute approximate surface area is 163 Å². The highest BCUT2D eigenvalue weighted by molar-refractivity contribution is 5.63. The van der Waals surface area contributed by atoms with E-state index in [4.69, 9.17) is 5.11 Å². The fourth-order valence-electron chi connectivity index (χ4n) is 3.08. The number of rotatable bonds is 16. The van der Waals surface area contributed by atoms with Crippen LogP contribution in [0.1, 0.15) is 104 Å². The first kappa shape index (κ1) is 27.6. The summed E-state index contributed by atoms with van der Waals surface area (Å²) in [6, 6.07) is 0. The maximum absolute atomic E-state index is 10.2. The van der Waals surface area contributed by atoms with Crippen LogP contribution >= 0.6 is 0 Å². The number of hydrogen-bond acceptors (Lipinski definition) is 3. The van der Waals surface area contributed by atoms with Gasteiger partial charge in [0.15, 0.2) is 0 Å². The Morgan fingerprint density at radius 2 is 1.15 bits per heavy atom. The van der Waals surface area contributed by atoms with Gasteiger partial charge < -0.3 is 19.5 Å². The van der Waals surface area contributed by atoms with Crippen LogP contribution < -0.4 is 5.11 Å². The molecule has 0 radical (unpaired) electrons. The molecule has 0 fully saturated rings. The lowest BCUT2D eigenvalue weighted by molar-refractivity contribution is -0.873. The Bertz CT molecular complexity index is 298. The number of aliphatic carboxylic acids is 1. The molecule has 0 aromatic carbocycles. The number of quaternary nitrogens is 1. The molecule has 0 saturated carbocycles. The first-order valence-corrected chi connectivity index (χ1v) is 10.9. The number of carboxylic acids is 1. The molecular formula is C22H47NO3. The molecule has 0 heterocycles. The molecule has 1 atom stereocenters. The van der Waals surface area contributed by atoms with Crippen LogP contribution in [0, 0.1) is 0 Å². The topological polar surface area (TPSA) is 60.4 Å². The lowest BCUT2D eigenvalue weighted by Gasteiger charge is -2.24. The van der Waals surface area contributed by atoms with Crippen molar-refractivity contribution in [1.82, 2.24) is 0 Å². The molecule has 158 valence electrons. The van der Waals surface area contributed by atoms with Crippen LogP contribution in [0.3, 0.4) is 0 Å². The van der Waals surface area contributed by atoms with Crippen LogP contribution in [-0.2, 0) is 4.79 Å². The minimum Gasteiger partial charge on any atom is -0.550 e. The largest absolute Gasteiger partial charge is 0.550 e. The quantitative estimate of drug-likeness (QED) is 0.324. The molecule has 0 aliphatic carbocycles. The third kappa shape index (κ3) is 31.2.